The van der Waals surface area contributed by atoms with Crippen LogP contribution < -0.4 is 20.7 Å². The quantitative estimate of drug-likeness (QED) is 0.107. The van der Waals surface area contributed by atoms with Gasteiger partial charge in [0.2, 0.25) is 0 Å². The van der Waals surface area contributed by atoms with Crippen molar-refractivity contribution in [1.29, 1.82) is 0 Å². The molecular weight excluding hydrogens is 777 g/mol. The summed E-state index contributed by atoms with van der Waals surface area (Å²) in [5.41, 5.74) is 11.9. The molecule has 0 N–H and O–H groups in total. The van der Waals surface area contributed by atoms with E-state index in [4.69, 9.17) is 0 Å². The summed E-state index contributed by atoms with van der Waals surface area (Å²) in [6.45, 7) is 0. The van der Waals surface area contributed by atoms with E-state index in [-0.39, 0.29) is 0 Å². The Bertz CT molecular complexity index is 3490. The van der Waals surface area contributed by atoms with Crippen LogP contribution in [0, 0.1) is 0 Å². The highest BCUT2D eigenvalue weighted by Crippen LogP contribution is 2.38. The van der Waals surface area contributed by atoms with Crippen molar-refractivity contribution in [2.24, 2.45) is 0 Å². The normalized spacial score (nSPS) is 11.8. The van der Waals surface area contributed by atoms with Gasteiger partial charge in [-0.15, -0.1) is 0 Å². The predicted molar refractivity (Wildman–Crippen MR) is 270 cm³/mol. The van der Waals surface area contributed by atoms with Crippen LogP contribution in [0.4, 0.5) is 0 Å². The molecule has 0 atom stereocenters. The van der Waals surface area contributed by atoms with Crippen LogP contribution in [-0.2, 0) is 0 Å². The fourth-order valence-electron chi connectivity index (χ4n) is 10.3. The molecule has 12 rings (SSSR count). The molecule has 2 aromatic heterocycles. The smallest absolute Gasteiger partial charge is 0.181 e. The van der Waals surface area contributed by atoms with Gasteiger partial charge in [0.1, 0.15) is 0 Å². The van der Waals surface area contributed by atoms with E-state index in [1.807, 2.05) is 0 Å². The Morgan fingerprint density at radius 1 is 0.254 bits per heavy atom. The number of hydrogen-bond donors (Lipinski definition) is 0. The third kappa shape index (κ3) is 5.93. The zero-order valence-corrected chi connectivity index (χ0v) is 35.6. The number of para-hydroxylation sites is 3. The van der Waals surface area contributed by atoms with E-state index < -0.39 is 8.07 Å². The van der Waals surface area contributed by atoms with Crippen molar-refractivity contribution in [3.05, 3.63) is 255 Å². The first-order valence-electron chi connectivity index (χ1n) is 21.8. The number of fused-ring (bicyclic) bond motifs is 6. The second-order valence-electron chi connectivity index (χ2n) is 16.5. The van der Waals surface area contributed by atoms with Gasteiger partial charge in [-0.25, -0.2) is 0 Å². The molecule has 0 aliphatic rings. The molecule has 0 amide bonds. The molecule has 0 aliphatic heterocycles. The third-order valence-corrected chi connectivity index (χ3v) is 17.9. The third-order valence-electron chi connectivity index (χ3n) is 13.1. The lowest BCUT2D eigenvalue weighted by atomic mass is 10.00. The van der Waals surface area contributed by atoms with Gasteiger partial charge in [-0.2, -0.15) is 0 Å². The molecule has 0 aliphatic carbocycles. The Balaban J connectivity index is 1.12. The Morgan fingerprint density at radius 2 is 0.683 bits per heavy atom. The SMILES string of the molecule is c1ccc(-c2ccc(-c3cccc(-n4c5ccccc5c5ccc(-n6c7ccccc7c7cccc([Si](c8ccccc8)(c8ccccc8)c8ccccc8)c76)cc54)c3)cc2)cc1. The summed E-state index contributed by atoms with van der Waals surface area (Å²) in [6, 6.07) is 94.3. The first-order valence-corrected chi connectivity index (χ1v) is 23.8. The highest BCUT2D eigenvalue weighted by molar-refractivity contribution is 7.20. The van der Waals surface area contributed by atoms with Gasteiger partial charge in [0.15, 0.2) is 8.07 Å². The first-order chi connectivity index (χ1) is 31.3. The van der Waals surface area contributed by atoms with E-state index >= 15 is 0 Å². The summed E-state index contributed by atoms with van der Waals surface area (Å²) >= 11 is 0. The lowest BCUT2D eigenvalue weighted by molar-refractivity contribution is 1.16. The fraction of sp³-hybridized carbons (Fsp3) is 0. The largest absolute Gasteiger partial charge is 0.309 e. The molecule has 2 heterocycles. The molecule has 0 saturated carbocycles. The van der Waals surface area contributed by atoms with E-state index in [9.17, 15) is 0 Å². The maximum absolute atomic E-state index is 2.92. The van der Waals surface area contributed by atoms with Crippen molar-refractivity contribution in [2.75, 3.05) is 0 Å². The molecular formula is C60H42N2Si. The van der Waals surface area contributed by atoms with Gasteiger partial charge in [0.05, 0.1) is 22.1 Å². The summed E-state index contributed by atoms with van der Waals surface area (Å²) in [5, 5.41) is 10.4. The topological polar surface area (TPSA) is 9.86 Å². The Kier molecular flexibility index (Phi) is 8.87. The highest BCUT2D eigenvalue weighted by atomic mass is 28.3. The minimum absolute atomic E-state index is 1.13. The van der Waals surface area contributed by atoms with Crippen LogP contribution in [0.25, 0.3) is 77.2 Å². The zero-order valence-electron chi connectivity index (χ0n) is 34.6. The van der Waals surface area contributed by atoms with Gasteiger partial charge in [-0.05, 0) is 79.4 Å². The van der Waals surface area contributed by atoms with Crippen LogP contribution in [-0.4, -0.2) is 17.2 Å². The lowest BCUT2D eigenvalue weighted by Crippen LogP contribution is -2.75. The monoisotopic (exact) mass is 818 g/mol. The molecule has 10 aromatic carbocycles. The fourth-order valence-corrected chi connectivity index (χ4v) is 15.3. The molecule has 0 fully saturated rings. The van der Waals surface area contributed by atoms with Crippen molar-refractivity contribution >= 4 is 72.4 Å². The lowest BCUT2D eigenvalue weighted by Gasteiger charge is -2.35. The minimum atomic E-state index is -2.92. The molecule has 0 bridgehead atoms. The van der Waals surface area contributed by atoms with Crippen LogP contribution in [0.2, 0.25) is 0 Å². The van der Waals surface area contributed by atoms with Gasteiger partial charge in [0.25, 0.3) is 0 Å². The summed E-state index contributed by atoms with van der Waals surface area (Å²) in [4.78, 5) is 0. The molecule has 296 valence electrons. The summed E-state index contributed by atoms with van der Waals surface area (Å²) in [5.74, 6) is 0. The second kappa shape index (κ2) is 15.2. The number of benzene rings is 10. The van der Waals surface area contributed by atoms with Crippen LogP contribution in [0.5, 0.6) is 0 Å². The molecule has 12 aromatic rings. The van der Waals surface area contributed by atoms with Gasteiger partial charge in [-0.1, -0.05) is 218 Å². The average Bonchev–Trinajstić information content (AvgIpc) is 3.89. The van der Waals surface area contributed by atoms with Crippen LogP contribution in [0.1, 0.15) is 0 Å². The second-order valence-corrected chi connectivity index (χ2v) is 20.2. The Labute approximate surface area is 368 Å². The molecule has 0 radical (unpaired) electrons. The van der Waals surface area contributed by atoms with E-state index in [1.54, 1.807) is 0 Å². The van der Waals surface area contributed by atoms with Crippen molar-refractivity contribution in [3.63, 3.8) is 0 Å². The minimum Gasteiger partial charge on any atom is -0.309 e. The van der Waals surface area contributed by atoms with Gasteiger partial charge in [0, 0.05) is 32.9 Å². The molecule has 2 nitrogen and oxygen atoms in total. The standard InChI is InChI=1S/C60H42N2Si/c1-5-19-43(20-6-1)44-35-37-45(38-36-44)46-21-17-22-47(41-46)61-56-32-15-13-29-52(56)54-40-39-48(42-58(54)61)62-57-33-16-14-30-53(57)55-31-18-34-59(60(55)62)63(49-23-7-2-8-24-49,50-25-9-3-10-26-50)51-27-11-4-12-28-51/h1-42H. The number of aromatic nitrogens is 2. The van der Waals surface area contributed by atoms with E-state index in [2.05, 4.69) is 264 Å². The van der Waals surface area contributed by atoms with Crippen molar-refractivity contribution in [3.8, 4) is 33.6 Å². The van der Waals surface area contributed by atoms with Gasteiger partial charge in [-0.3, -0.25) is 0 Å². The Hall–Kier alpha value is -7.98. The van der Waals surface area contributed by atoms with E-state index in [0.29, 0.717) is 0 Å². The molecule has 0 unspecified atom stereocenters. The highest BCUT2D eigenvalue weighted by Gasteiger charge is 2.43. The van der Waals surface area contributed by atoms with E-state index in [1.165, 1.54) is 86.6 Å². The van der Waals surface area contributed by atoms with Crippen LogP contribution in [0.3, 0.4) is 0 Å². The summed E-state index contributed by atoms with van der Waals surface area (Å²) in [7, 11) is -2.92. The number of rotatable bonds is 8. The van der Waals surface area contributed by atoms with Crippen molar-refractivity contribution in [2.45, 2.75) is 0 Å². The number of hydrogen-bond acceptors (Lipinski definition) is 0. The zero-order chi connectivity index (χ0) is 41.7. The van der Waals surface area contributed by atoms with Crippen LogP contribution >= 0.6 is 0 Å². The summed E-state index contributed by atoms with van der Waals surface area (Å²) < 4.78 is 5.02. The maximum Gasteiger partial charge on any atom is 0.181 e. The van der Waals surface area contributed by atoms with Gasteiger partial charge < -0.3 is 9.13 Å². The molecule has 0 saturated heterocycles. The summed E-state index contributed by atoms with van der Waals surface area (Å²) in [6.07, 6.45) is 0. The first kappa shape index (κ1) is 36.8. The molecule has 3 heteroatoms. The maximum atomic E-state index is 2.56. The van der Waals surface area contributed by atoms with Crippen molar-refractivity contribution in [1.82, 2.24) is 9.13 Å². The van der Waals surface area contributed by atoms with Crippen molar-refractivity contribution < 1.29 is 0 Å². The van der Waals surface area contributed by atoms with Crippen LogP contribution in [0.15, 0.2) is 255 Å². The van der Waals surface area contributed by atoms with E-state index in [0.717, 1.165) is 11.4 Å². The number of nitrogens with zero attached hydrogens (tertiary/aromatic N) is 2. The predicted octanol–water partition coefficient (Wildman–Crippen LogP) is 12.6. The molecule has 63 heavy (non-hydrogen) atoms. The molecule has 0 spiro atoms. The van der Waals surface area contributed by atoms with Gasteiger partial charge >= 0.3 is 0 Å². The average molecular weight is 819 g/mol. The Morgan fingerprint density at radius 3 is 1.30 bits per heavy atom.